The molecule has 2 aromatic carbocycles. The zero-order chi connectivity index (χ0) is 19.6. The third-order valence-electron chi connectivity index (χ3n) is 3.35. The van der Waals surface area contributed by atoms with Gasteiger partial charge >= 0.3 is 0 Å². The number of nitriles is 1. The predicted octanol–water partition coefficient (Wildman–Crippen LogP) is 4.19. The molecule has 0 aliphatic heterocycles. The molecule has 8 heteroatoms. The van der Waals surface area contributed by atoms with Crippen LogP contribution in [0.25, 0.3) is 6.08 Å². The van der Waals surface area contributed by atoms with Crippen LogP contribution in [-0.4, -0.2) is 19.4 Å². The maximum Gasteiger partial charge on any atom is 0.267 e. The normalized spacial score (nSPS) is 11.1. The molecule has 0 aliphatic rings. The van der Waals surface area contributed by atoms with Crippen molar-refractivity contribution in [3.63, 3.8) is 0 Å². The van der Waals surface area contributed by atoms with E-state index in [2.05, 4.69) is 10.5 Å². The Morgan fingerprint density at radius 3 is 2.63 bits per heavy atom. The molecule has 27 heavy (non-hydrogen) atoms. The van der Waals surface area contributed by atoms with Crippen LogP contribution in [0.5, 0.6) is 5.75 Å². The standard InChI is InChI=1S/C19H15Cl2N3O3/c1-26-17-6-2-13(3-7-17)8-15(10-22)19(25)23-12-24-27-11-14-4-5-16(20)9-18(14)21/h2-9,12H,11H2,1H3,(H,23,24,25)/b15-8+. The molecule has 1 N–H and O–H groups in total. The van der Waals surface area contributed by atoms with Gasteiger partial charge < -0.3 is 14.9 Å². The fraction of sp³-hybridized carbons (Fsp3) is 0.105. The molecular formula is C19H15Cl2N3O3. The molecule has 0 spiro atoms. The Balaban J connectivity index is 1.89. The summed E-state index contributed by atoms with van der Waals surface area (Å²) in [6.07, 6.45) is 2.52. The van der Waals surface area contributed by atoms with Crippen LogP contribution in [0.4, 0.5) is 0 Å². The SMILES string of the molecule is COc1ccc(/C=C(\C#N)C(=O)N/C=N/OCc2ccc(Cl)cc2Cl)cc1. The molecule has 0 saturated heterocycles. The number of rotatable bonds is 7. The molecule has 1 amide bonds. The third kappa shape index (κ3) is 6.33. The first-order valence-electron chi connectivity index (χ1n) is 7.68. The summed E-state index contributed by atoms with van der Waals surface area (Å²) in [6.45, 7) is 0.106. The molecule has 0 heterocycles. The highest BCUT2D eigenvalue weighted by molar-refractivity contribution is 6.35. The van der Waals surface area contributed by atoms with Crippen LogP contribution in [0.3, 0.4) is 0 Å². The lowest BCUT2D eigenvalue weighted by Crippen LogP contribution is -2.22. The van der Waals surface area contributed by atoms with E-state index in [-0.39, 0.29) is 12.2 Å². The van der Waals surface area contributed by atoms with Gasteiger partial charge in [0.05, 0.1) is 7.11 Å². The van der Waals surface area contributed by atoms with Gasteiger partial charge in [-0.15, -0.1) is 0 Å². The van der Waals surface area contributed by atoms with Crippen molar-refractivity contribution in [1.82, 2.24) is 5.32 Å². The van der Waals surface area contributed by atoms with Crippen molar-refractivity contribution >= 4 is 41.5 Å². The Hall–Kier alpha value is -3.01. The highest BCUT2D eigenvalue weighted by atomic mass is 35.5. The summed E-state index contributed by atoms with van der Waals surface area (Å²) in [5.41, 5.74) is 1.31. The van der Waals surface area contributed by atoms with Gasteiger partial charge in [-0.3, -0.25) is 4.79 Å². The molecule has 0 radical (unpaired) electrons. The first-order valence-corrected chi connectivity index (χ1v) is 8.43. The molecule has 2 rings (SSSR count). The van der Waals surface area contributed by atoms with Gasteiger partial charge in [-0.1, -0.05) is 46.6 Å². The third-order valence-corrected chi connectivity index (χ3v) is 3.94. The monoisotopic (exact) mass is 403 g/mol. The second-order valence-electron chi connectivity index (χ2n) is 5.16. The number of nitrogens with one attached hydrogen (secondary N) is 1. The van der Waals surface area contributed by atoms with Gasteiger partial charge in [0.1, 0.15) is 30.3 Å². The van der Waals surface area contributed by atoms with Crippen LogP contribution in [-0.2, 0) is 16.2 Å². The van der Waals surface area contributed by atoms with Crippen LogP contribution < -0.4 is 10.1 Å². The van der Waals surface area contributed by atoms with Crippen LogP contribution >= 0.6 is 23.2 Å². The minimum absolute atomic E-state index is 0.0765. The fourth-order valence-corrected chi connectivity index (χ4v) is 2.42. The number of oxime groups is 1. The van der Waals surface area contributed by atoms with E-state index >= 15 is 0 Å². The van der Waals surface area contributed by atoms with Gasteiger partial charge in [-0.25, -0.2) is 0 Å². The average molecular weight is 404 g/mol. The maximum atomic E-state index is 12.0. The van der Waals surface area contributed by atoms with Crippen molar-refractivity contribution < 1.29 is 14.4 Å². The maximum absolute atomic E-state index is 12.0. The second kappa shape index (κ2) is 10.2. The Kier molecular flexibility index (Phi) is 7.68. The van der Waals surface area contributed by atoms with E-state index < -0.39 is 5.91 Å². The van der Waals surface area contributed by atoms with E-state index in [0.717, 1.165) is 6.34 Å². The highest BCUT2D eigenvalue weighted by Gasteiger charge is 2.07. The van der Waals surface area contributed by atoms with E-state index in [1.807, 2.05) is 6.07 Å². The molecular weight excluding hydrogens is 389 g/mol. The second-order valence-corrected chi connectivity index (χ2v) is 6.00. The van der Waals surface area contributed by atoms with Gasteiger partial charge in [0.25, 0.3) is 5.91 Å². The fourth-order valence-electron chi connectivity index (χ4n) is 1.96. The molecule has 0 aliphatic carbocycles. The van der Waals surface area contributed by atoms with Crippen molar-refractivity contribution in [2.45, 2.75) is 6.61 Å². The van der Waals surface area contributed by atoms with Crippen molar-refractivity contribution in [2.75, 3.05) is 7.11 Å². The molecule has 138 valence electrons. The zero-order valence-corrected chi connectivity index (χ0v) is 15.8. The number of hydrogen-bond acceptors (Lipinski definition) is 5. The predicted molar refractivity (Wildman–Crippen MR) is 104 cm³/mol. The molecule has 2 aromatic rings. The number of nitrogens with zero attached hydrogens (tertiary/aromatic N) is 2. The minimum atomic E-state index is -0.606. The molecule has 0 saturated carbocycles. The zero-order valence-electron chi connectivity index (χ0n) is 14.3. The van der Waals surface area contributed by atoms with E-state index in [4.69, 9.17) is 38.0 Å². The van der Waals surface area contributed by atoms with Crippen LogP contribution in [0, 0.1) is 11.3 Å². The Labute approximate surface area is 166 Å². The number of hydrogen-bond donors (Lipinski definition) is 1. The Bertz CT molecular complexity index is 903. The highest BCUT2D eigenvalue weighted by Crippen LogP contribution is 2.21. The van der Waals surface area contributed by atoms with Gasteiger partial charge in [-0.2, -0.15) is 5.26 Å². The number of methoxy groups -OCH3 is 1. The number of benzene rings is 2. The average Bonchev–Trinajstić information content (AvgIpc) is 2.67. The Morgan fingerprint density at radius 2 is 2.00 bits per heavy atom. The topological polar surface area (TPSA) is 83.7 Å². The molecule has 6 nitrogen and oxygen atoms in total. The molecule has 0 unspecified atom stereocenters. The van der Waals surface area contributed by atoms with Gasteiger partial charge in [0.2, 0.25) is 0 Å². The van der Waals surface area contributed by atoms with Crippen molar-refractivity contribution in [3.05, 3.63) is 69.2 Å². The van der Waals surface area contributed by atoms with Crippen molar-refractivity contribution in [1.29, 1.82) is 5.26 Å². The minimum Gasteiger partial charge on any atom is -0.497 e. The van der Waals surface area contributed by atoms with Crippen LogP contribution in [0.1, 0.15) is 11.1 Å². The van der Waals surface area contributed by atoms with Crippen molar-refractivity contribution in [3.8, 4) is 11.8 Å². The number of halogens is 2. The first kappa shape index (κ1) is 20.3. The quantitative estimate of drug-likeness (QED) is 0.247. The summed E-state index contributed by atoms with van der Waals surface area (Å²) in [5.74, 6) is 0.0744. The lowest BCUT2D eigenvalue weighted by Gasteiger charge is -2.03. The van der Waals surface area contributed by atoms with Gasteiger partial charge in [0.15, 0.2) is 0 Å². The summed E-state index contributed by atoms with van der Waals surface area (Å²) < 4.78 is 5.06. The lowest BCUT2D eigenvalue weighted by atomic mass is 10.1. The smallest absolute Gasteiger partial charge is 0.267 e. The summed E-state index contributed by atoms with van der Waals surface area (Å²) in [6, 6.07) is 13.8. The largest absolute Gasteiger partial charge is 0.497 e. The van der Waals surface area contributed by atoms with Crippen molar-refractivity contribution in [2.24, 2.45) is 5.16 Å². The van der Waals surface area contributed by atoms with E-state index in [1.165, 1.54) is 6.08 Å². The van der Waals surface area contributed by atoms with Crippen LogP contribution in [0.15, 0.2) is 53.2 Å². The number of amides is 1. The molecule has 0 aromatic heterocycles. The number of carbonyl (C=O) groups excluding carboxylic acids is 1. The number of carbonyl (C=O) groups is 1. The van der Waals surface area contributed by atoms with E-state index in [9.17, 15) is 4.79 Å². The lowest BCUT2D eigenvalue weighted by molar-refractivity contribution is -0.115. The molecule has 0 atom stereocenters. The summed E-state index contributed by atoms with van der Waals surface area (Å²) in [5, 5.41) is 16.1. The molecule has 0 bridgehead atoms. The Morgan fingerprint density at radius 1 is 1.26 bits per heavy atom. The van der Waals surface area contributed by atoms with E-state index in [0.29, 0.717) is 26.9 Å². The van der Waals surface area contributed by atoms with Gasteiger partial charge in [-0.05, 0) is 35.9 Å². The van der Waals surface area contributed by atoms with E-state index in [1.54, 1.807) is 49.6 Å². The number of ether oxygens (including phenoxy) is 1. The molecule has 0 fully saturated rings. The summed E-state index contributed by atoms with van der Waals surface area (Å²) in [7, 11) is 1.56. The summed E-state index contributed by atoms with van der Waals surface area (Å²) >= 11 is 11.8. The van der Waals surface area contributed by atoms with Gasteiger partial charge in [0, 0.05) is 15.6 Å². The first-order chi connectivity index (χ1) is 13.0. The van der Waals surface area contributed by atoms with Crippen LogP contribution in [0.2, 0.25) is 10.0 Å². The summed E-state index contributed by atoms with van der Waals surface area (Å²) in [4.78, 5) is 17.1.